The first kappa shape index (κ1) is 15.4. The Bertz CT molecular complexity index is 487. The lowest BCUT2D eigenvalue weighted by atomic mass is 10.2. The van der Waals surface area contributed by atoms with Crippen LogP contribution >= 0.6 is 0 Å². The van der Waals surface area contributed by atoms with Crippen molar-refractivity contribution >= 4 is 17.9 Å². The van der Waals surface area contributed by atoms with E-state index in [1.807, 2.05) is 0 Å². The van der Waals surface area contributed by atoms with Gasteiger partial charge in [-0.25, -0.2) is 14.6 Å². The number of nitrogens with one attached hydrogen (secondary N) is 2. The molecule has 0 bridgehead atoms. The second-order valence-electron chi connectivity index (χ2n) is 4.04. The highest BCUT2D eigenvalue weighted by atomic mass is 16.4. The largest absolute Gasteiger partial charge is 0.477 e. The first-order valence-corrected chi connectivity index (χ1v) is 5.97. The van der Waals surface area contributed by atoms with Gasteiger partial charge in [-0.05, 0) is 18.1 Å². The molecule has 0 saturated carbocycles. The summed E-state index contributed by atoms with van der Waals surface area (Å²) in [5, 5.41) is 13.8. The van der Waals surface area contributed by atoms with E-state index in [1.54, 1.807) is 6.07 Å². The average Bonchev–Trinajstić information content (AvgIpc) is 2.41. The average molecular weight is 280 g/mol. The quantitative estimate of drug-likeness (QED) is 0.515. The second-order valence-corrected chi connectivity index (χ2v) is 4.04. The highest BCUT2D eigenvalue weighted by Crippen LogP contribution is 2.00. The van der Waals surface area contributed by atoms with Crippen molar-refractivity contribution in [1.29, 1.82) is 0 Å². The van der Waals surface area contributed by atoms with E-state index in [0.29, 0.717) is 18.5 Å². The van der Waals surface area contributed by atoms with Gasteiger partial charge in [0.25, 0.3) is 0 Å². The van der Waals surface area contributed by atoms with Gasteiger partial charge < -0.3 is 21.5 Å². The van der Waals surface area contributed by atoms with Gasteiger partial charge in [0.15, 0.2) is 0 Å². The number of pyridine rings is 1. The lowest BCUT2D eigenvalue weighted by molar-refractivity contribution is -0.118. The summed E-state index contributed by atoms with van der Waals surface area (Å²) < 4.78 is 0. The Morgan fingerprint density at radius 2 is 2.00 bits per heavy atom. The number of primary amides is 1. The van der Waals surface area contributed by atoms with Crippen molar-refractivity contribution in [2.45, 2.75) is 19.4 Å². The molecule has 0 aliphatic rings. The molecule has 1 rings (SSSR count). The molecule has 3 amide bonds. The number of carbonyl (C=O) groups is 3. The summed E-state index contributed by atoms with van der Waals surface area (Å²) in [4.78, 5) is 36.2. The van der Waals surface area contributed by atoms with Gasteiger partial charge in [-0.2, -0.15) is 0 Å². The molecule has 1 heterocycles. The van der Waals surface area contributed by atoms with Crippen molar-refractivity contribution in [3.8, 4) is 0 Å². The molecule has 8 nitrogen and oxygen atoms in total. The van der Waals surface area contributed by atoms with Crippen molar-refractivity contribution < 1.29 is 19.5 Å². The van der Waals surface area contributed by atoms with Crippen LogP contribution in [0.15, 0.2) is 18.3 Å². The third-order valence-corrected chi connectivity index (χ3v) is 2.38. The van der Waals surface area contributed by atoms with Gasteiger partial charge in [0.1, 0.15) is 5.69 Å². The van der Waals surface area contributed by atoms with E-state index in [0.717, 1.165) is 0 Å². The van der Waals surface area contributed by atoms with Crippen LogP contribution in [-0.4, -0.2) is 34.5 Å². The maximum absolute atomic E-state index is 11.4. The zero-order chi connectivity index (χ0) is 15.0. The van der Waals surface area contributed by atoms with Crippen LogP contribution in [0.4, 0.5) is 4.79 Å². The number of rotatable bonds is 7. The molecule has 0 atom stereocenters. The maximum atomic E-state index is 11.4. The van der Waals surface area contributed by atoms with E-state index >= 15 is 0 Å². The van der Waals surface area contributed by atoms with Crippen molar-refractivity contribution in [1.82, 2.24) is 15.6 Å². The van der Waals surface area contributed by atoms with E-state index in [4.69, 9.17) is 10.8 Å². The zero-order valence-electron chi connectivity index (χ0n) is 10.8. The van der Waals surface area contributed by atoms with Crippen molar-refractivity contribution in [2.24, 2.45) is 5.73 Å². The number of urea groups is 1. The Labute approximate surface area is 115 Å². The van der Waals surface area contributed by atoms with Gasteiger partial charge in [-0.1, -0.05) is 6.07 Å². The summed E-state index contributed by atoms with van der Waals surface area (Å²) in [7, 11) is 0. The number of aromatic carboxylic acids is 1. The summed E-state index contributed by atoms with van der Waals surface area (Å²) >= 11 is 0. The molecule has 0 aliphatic heterocycles. The van der Waals surface area contributed by atoms with Crippen LogP contribution in [0.25, 0.3) is 0 Å². The summed E-state index contributed by atoms with van der Waals surface area (Å²) in [6.07, 6.45) is 2.09. The molecule has 1 aromatic rings. The molecule has 0 aromatic carbocycles. The van der Waals surface area contributed by atoms with E-state index < -0.39 is 11.9 Å². The number of carboxylic acids is 1. The minimum atomic E-state index is -1.10. The van der Waals surface area contributed by atoms with Crippen LogP contribution in [0, 0.1) is 0 Å². The van der Waals surface area contributed by atoms with Gasteiger partial charge in [0, 0.05) is 25.7 Å². The molecular weight excluding hydrogens is 264 g/mol. The molecule has 0 radical (unpaired) electrons. The molecule has 0 aliphatic carbocycles. The first-order valence-electron chi connectivity index (χ1n) is 5.97. The SMILES string of the molecule is NC(=O)CCCNC(=O)NCc1ccc(C(=O)O)nc1. The van der Waals surface area contributed by atoms with Crippen molar-refractivity contribution in [2.75, 3.05) is 6.54 Å². The summed E-state index contributed by atoms with van der Waals surface area (Å²) in [6.45, 7) is 0.583. The standard InChI is InChI=1S/C12H16N4O4/c13-10(17)2-1-5-14-12(20)16-7-8-3-4-9(11(18)19)15-6-8/h3-4,6H,1-2,5,7H2,(H2,13,17)(H,18,19)(H2,14,16,20). The van der Waals surface area contributed by atoms with Crippen LogP contribution in [0.1, 0.15) is 28.9 Å². The molecule has 0 fully saturated rings. The number of hydrogen-bond acceptors (Lipinski definition) is 4. The Morgan fingerprint density at radius 1 is 1.25 bits per heavy atom. The van der Waals surface area contributed by atoms with Gasteiger partial charge in [-0.3, -0.25) is 4.79 Å². The highest BCUT2D eigenvalue weighted by molar-refractivity contribution is 5.85. The van der Waals surface area contributed by atoms with Crippen LogP contribution in [0.3, 0.4) is 0 Å². The van der Waals surface area contributed by atoms with Crippen molar-refractivity contribution in [3.05, 3.63) is 29.6 Å². The molecule has 8 heteroatoms. The monoisotopic (exact) mass is 280 g/mol. The van der Waals surface area contributed by atoms with E-state index in [2.05, 4.69) is 15.6 Å². The second kappa shape index (κ2) is 7.72. The van der Waals surface area contributed by atoms with E-state index in [9.17, 15) is 14.4 Å². The Hall–Kier alpha value is -2.64. The topological polar surface area (TPSA) is 134 Å². The van der Waals surface area contributed by atoms with E-state index in [-0.39, 0.29) is 24.7 Å². The fourth-order valence-electron chi connectivity index (χ4n) is 1.36. The molecule has 0 spiro atoms. The van der Waals surface area contributed by atoms with Crippen LogP contribution in [-0.2, 0) is 11.3 Å². The molecule has 1 aromatic heterocycles. The summed E-state index contributed by atoms with van der Waals surface area (Å²) in [5.41, 5.74) is 5.59. The molecule has 108 valence electrons. The fourth-order valence-corrected chi connectivity index (χ4v) is 1.36. The number of nitrogens with two attached hydrogens (primary N) is 1. The molecule has 20 heavy (non-hydrogen) atoms. The number of hydrogen-bond donors (Lipinski definition) is 4. The van der Waals surface area contributed by atoms with E-state index in [1.165, 1.54) is 12.3 Å². The molecule has 0 unspecified atom stereocenters. The number of amides is 3. The molecule has 0 saturated heterocycles. The third-order valence-electron chi connectivity index (χ3n) is 2.38. The fraction of sp³-hybridized carbons (Fsp3) is 0.333. The van der Waals surface area contributed by atoms with Crippen molar-refractivity contribution in [3.63, 3.8) is 0 Å². The molecule has 5 N–H and O–H groups in total. The number of nitrogens with zero attached hydrogens (tertiary/aromatic N) is 1. The molecular formula is C12H16N4O4. The van der Waals surface area contributed by atoms with Crippen LogP contribution < -0.4 is 16.4 Å². The maximum Gasteiger partial charge on any atom is 0.354 e. The minimum absolute atomic E-state index is 0.0512. The Morgan fingerprint density at radius 3 is 2.55 bits per heavy atom. The Balaban J connectivity index is 2.26. The highest BCUT2D eigenvalue weighted by Gasteiger charge is 2.04. The lowest BCUT2D eigenvalue weighted by Gasteiger charge is -2.07. The number of aromatic nitrogens is 1. The smallest absolute Gasteiger partial charge is 0.354 e. The lowest BCUT2D eigenvalue weighted by Crippen LogP contribution is -2.35. The zero-order valence-corrected chi connectivity index (χ0v) is 10.8. The van der Waals surface area contributed by atoms with Crippen LogP contribution in [0.5, 0.6) is 0 Å². The van der Waals surface area contributed by atoms with Crippen LogP contribution in [0.2, 0.25) is 0 Å². The number of carboxylic acid groups (broad SMARTS) is 1. The van der Waals surface area contributed by atoms with Gasteiger partial charge in [0.05, 0.1) is 0 Å². The number of carbonyl (C=O) groups excluding carboxylic acids is 2. The van der Waals surface area contributed by atoms with Gasteiger partial charge in [-0.15, -0.1) is 0 Å². The summed E-state index contributed by atoms with van der Waals surface area (Å²) in [6, 6.07) is 2.56. The van der Waals surface area contributed by atoms with Gasteiger partial charge in [0.2, 0.25) is 5.91 Å². The first-order chi connectivity index (χ1) is 9.49. The minimum Gasteiger partial charge on any atom is -0.477 e. The predicted molar refractivity (Wildman–Crippen MR) is 69.9 cm³/mol. The van der Waals surface area contributed by atoms with Gasteiger partial charge >= 0.3 is 12.0 Å². The predicted octanol–water partition coefficient (Wildman–Crippen LogP) is -0.156. The third kappa shape index (κ3) is 5.80. The normalized spacial score (nSPS) is 9.80. The summed E-state index contributed by atoms with van der Waals surface area (Å²) in [5.74, 6) is -1.51. The Kier molecular flexibility index (Phi) is 5.95.